The molecule has 1 aromatic carbocycles. The highest BCUT2D eigenvalue weighted by Gasteiger charge is 2.28. The van der Waals surface area contributed by atoms with Crippen LogP contribution in [0.2, 0.25) is 0 Å². The highest BCUT2D eigenvalue weighted by Crippen LogP contribution is 2.36. The Morgan fingerprint density at radius 3 is 2.64 bits per heavy atom. The minimum absolute atomic E-state index is 0.240. The minimum atomic E-state index is 0.240. The summed E-state index contributed by atoms with van der Waals surface area (Å²) in [5, 5.41) is 1.04. The normalized spacial score (nSPS) is 14.4. The third-order valence-corrected chi connectivity index (χ3v) is 4.60. The minimum Gasteiger partial charge on any atom is -0.294 e. The van der Waals surface area contributed by atoms with Crippen LogP contribution in [0.4, 0.5) is 0 Å². The fraction of sp³-hybridized carbons (Fsp3) is 0.278. The van der Waals surface area contributed by atoms with E-state index >= 15 is 0 Å². The number of hydrogen-bond donors (Lipinski definition) is 0. The van der Waals surface area contributed by atoms with Crippen molar-refractivity contribution in [3.05, 3.63) is 53.0 Å². The number of benzene rings is 1. The van der Waals surface area contributed by atoms with Crippen LogP contribution in [0.15, 0.2) is 30.6 Å². The van der Waals surface area contributed by atoms with Crippen LogP contribution in [0.1, 0.15) is 40.0 Å². The Kier molecular flexibility index (Phi) is 2.86. The second-order valence-electron chi connectivity index (χ2n) is 5.89. The zero-order chi connectivity index (χ0) is 15.3. The van der Waals surface area contributed by atoms with Crippen molar-refractivity contribution < 1.29 is 4.79 Å². The standard InChI is InChI=1S/C18H17N3O/c1-11-7-8-13-16-14(5-3-6-15(16)22)21(17(13)12(11)2)18-19-9-4-10-20-18/h4,7-10H,3,5-6H2,1-2H3. The predicted octanol–water partition coefficient (Wildman–Crippen LogP) is 3.56. The van der Waals surface area contributed by atoms with E-state index < -0.39 is 0 Å². The summed E-state index contributed by atoms with van der Waals surface area (Å²) >= 11 is 0. The summed E-state index contributed by atoms with van der Waals surface area (Å²) in [6, 6.07) is 5.97. The van der Waals surface area contributed by atoms with Gasteiger partial charge >= 0.3 is 0 Å². The third kappa shape index (κ3) is 1.73. The molecule has 4 heteroatoms. The molecular formula is C18H17N3O. The van der Waals surface area contributed by atoms with Crippen LogP contribution in [-0.2, 0) is 6.42 Å². The number of carbonyl (C=O) groups excluding carboxylic acids is 1. The van der Waals surface area contributed by atoms with Gasteiger partial charge in [0.2, 0.25) is 5.95 Å². The lowest BCUT2D eigenvalue weighted by Gasteiger charge is -2.14. The Labute approximate surface area is 128 Å². The zero-order valence-electron chi connectivity index (χ0n) is 12.8. The van der Waals surface area contributed by atoms with Crippen LogP contribution in [0.25, 0.3) is 16.9 Å². The molecule has 0 fully saturated rings. The van der Waals surface area contributed by atoms with Gasteiger partial charge in [-0.3, -0.25) is 9.36 Å². The van der Waals surface area contributed by atoms with E-state index in [0.29, 0.717) is 12.4 Å². The van der Waals surface area contributed by atoms with Crippen LogP contribution in [0, 0.1) is 13.8 Å². The van der Waals surface area contributed by atoms with Crippen molar-refractivity contribution in [2.45, 2.75) is 33.1 Å². The van der Waals surface area contributed by atoms with Gasteiger partial charge in [0.05, 0.1) is 5.52 Å². The van der Waals surface area contributed by atoms with Crippen molar-refractivity contribution in [3.63, 3.8) is 0 Å². The molecule has 4 rings (SSSR count). The smallest absolute Gasteiger partial charge is 0.234 e. The molecule has 110 valence electrons. The number of aryl methyl sites for hydroxylation is 2. The van der Waals surface area contributed by atoms with Gasteiger partial charge in [-0.25, -0.2) is 9.97 Å². The highest BCUT2D eigenvalue weighted by atomic mass is 16.1. The van der Waals surface area contributed by atoms with Crippen molar-refractivity contribution in [1.29, 1.82) is 0 Å². The van der Waals surface area contributed by atoms with Gasteiger partial charge < -0.3 is 0 Å². The summed E-state index contributed by atoms with van der Waals surface area (Å²) < 4.78 is 2.09. The summed E-state index contributed by atoms with van der Waals surface area (Å²) in [5.41, 5.74) is 5.41. The molecule has 2 heterocycles. The Bertz CT molecular complexity index is 894. The number of rotatable bonds is 1. The average Bonchev–Trinajstić information content (AvgIpc) is 2.88. The molecule has 0 saturated heterocycles. The third-order valence-electron chi connectivity index (χ3n) is 4.60. The van der Waals surface area contributed by atoms with Gasteiger partial charge in [0.15, 0.2) is 5.78 Å². The Morgan fingerprint density at radius 2 is 1.86 bits per heavy atom. The topological polar surface area (TPSA) is 47.8 Å². The molecule has 0 spiro atoms. The summed E-state index contributed by atoms with van der Waals surface area (Å²) in [4.78, 5) is 21.3. The van der Waals surface area contributed by atoms with Gasteiger partial charge in [0.25, 0.3) is 0 Å². The van der Waals surface area contributed by atoms with E-state index in [9.17, 15) is 4.79 Å². The number of hydrogen-bond acceptors (Lipinski definition) is 3. The van der Waals surface area contributed by atoms with E-state index in [2.05, 4.69) is 40.5 Å². The lowest BCUT2D eigenvalue weighted by atomic mass is 9.93. The molecule has 0 atom stereocenters. The first kappa shape index (κ1) is 13.2. The molecule has 0 unspecified atom stereocenters. The van der Waals surface area contributed by atoms with Crippen LogP contribution in [-0.4, -0.2) is 20.3 Å². The molecule has 0 radical (unpaired) electrons. The number of ketones is 1. The van der Waals surface area contributed by atoms with Crippen LogP contribution in [0.3, 0.4) is 0 Å². The molecule has 3 aromatic rings. The van der Waals surface area contributed by atoms with E-state index in [0.717, 1.165) is 35.0 Å². The number of fused-ring (bicyclic) bond motifs is 3. The molecule has 0 aliphatic heterocycles. The summed E-state index contributed by atoms with van der Waals surface area (Å²) in [7, 11) is 0. The molecule has 0 saturated carbocycles. The lowest BCUT2D eigenvalue weighted by Crippen LogP contribution is -2.13. The van der Waals surface area contributed by atoms with E-state index in [1.807, 2.05) is 6.07 Å². The van der Waals surface area contributed by atoms with Crippen molar-refractivity contribution in [1.82, 2.24) is 14.5 Å². The van der Waals surface area contributed by atoms with Gasteiger partial charge in [-0.2, -0.15) is 0 Å². The van der Waals surface area contributed by atoms with Gasteiger partial charge in [-0.1, -0.05) is 12.1 Å². The monoisotopic (exact) mass is 291 g/mol. The molecule has 1 aliphatic carbocycles. The van der Waals surface area contributed by atoms with E-state index in [-0.39, 0.29) is 5.78 Å². The van der Waals surface area contributed by atoms with Gasteiger partial charge in [-0.15, -0.1) is 0 Å². The average molecular weight is 291 g/mol. The number of carbonyl (C=O) groups is 1. The van der Waals surface area contributed by atoms with Crippen molar-refractivity contribution >= 4 is 16.7 Å². The lowest BCUT2D eigenvalue weighted by molar-refractivity contribution is 0.0973. The van der Waals surface area contributed by atoms with E-state index in [4.69, 9.17) is 0 Å². The molecule has 2 aromatic heterocycles. The largest absolute Gasteiger partial charge is 0.294 e. The van der Waals surface area contributed by atoms with Gasteiger partial charge in [-0.05, 0) is 43.9 Å². The number of nitrogens with zero attached hydrogens (tertiary/aromatic N) is 3. The number of aromatic nitrogens is 3. The van der Waals surface area contributed by atoms with Crippen molar-refractivity contribution in [3.8, 4) is 5.95 Å². The number of Topliss-reactive ketones (excluding diaryl/α,β-unsaturated/α-hetero) is 1. The van der Waals surface area contributed by atoms with Crippen LogP contribution in [0.5, 0.6) is 0 Å². The molecule has 0 bridgehead atoms. The fourth-order valence-electron chi connectivity index (χ4n) is 3.41. The second kappa shape index (κ2) is 4.77. The van der Waals surface area contributed by atoms with Crippen molar-refractivity contribution in [2.75, 3.05) is 0 Å². The summed E-state index contributed by atoms with van der Waals surface area (Å²) in [6.45, 7) is 4.20. The maximum atomic E-state index is 12.5. The van der Waals surface area contributed by atoms with E-state index in [1.165, 1.54) is 11.1 Å². The van der Waals surface area contributed by atoms with Crippen LogP contribution < -0.4 is 0 Å². The van der Waals surface area contributed by atoms with E-state index in [1.54, 1.807) is 12.4 Å². The van der Waals surface area contributed by atoms with Gasteiger partial charge in [0, 0.05) is 35.5 Å². The highest BCUT2D eigenvalue weighted by molar-refractivity contribution is 6.11. The quantitative estimate of drug-likeness (QED) is 0.689. The second-order valence-corrected chi connectivity index (χ2v) is 5.89. The first-order valence-corrected chi connectivity index (χ1v) is 7.62. The maximum absolute atomic E-state index is 12.5. The first-order chi connectivity index (χ1) is 10.7. The fourth-order valence-corrected chi connectivity index (χ4v) is 3.41. The molecule has 1 aliphatic rings. The Hall–Kier alpha value is -2.49. The molecule has 4 nitrogen and oxygen atoms in total. The molecule has 0 amide bonds. The summed E-state index contributed by atoms with van der Waals surface area (Å²) in [6.07, 6.45) is 5.92. The Morgan fingerprint density at radius 1 is 1.09 bits per heavy atom. The summed E-state index contributed by atoms with van der Waals surface area (Å²) in [5.74, 6) is 0.890. The van der Waals surface area contributed by atoms with Gasteiger partial charge in [0.1, 0.15) is 0 Å². The first-order valence-electron chi connectivity index (χ1n) is 7.62. The zero-order valence-corrected chi connectivity index (χ0v) is 12.8. The SMILES string of the molecule is Cc1ccc2c3c(n(-c4ncccn4)c2c1C)CCCC3=O. The molecule has 0 N–H and O–H groups in total. The molecular weight excluding hydrogens is 274 g/mol. The molecule has 22 heavy (non-hydrogen) atoms. The van der Waals surface area contributed by atoms with Crippen molar-refractivity contribution in [2.24, 2.45) is 0 Å². The predicted molar refractivity (Wildman–Crippen MR) is 85.6 cm³/mol. The Balaban J connectivity index is 2.19. The maximum Gasteiger partial charge on any atom is 0.234 e. The van der Waals surface area contributed by atoms with Crippen LogP contribution >= 0.6 is 0 Å².